The second kappa shape index (κ2) is 14.2. The zero-order chi connectivity index (χ0) is 37.3. The highest BCUT2D eigenvalue weighted by Gasteiger charge is 2.18. The highest BCUT2D eigenvalue weighted by Crippen LogP contribution is 2.32. The van der Waals surface area contributed by atoms with Crippen LogP contribution in [0.3, 0.4) is 0 Å². The van der Waals surface area contributed by atoms with Crippen LogP contribution in [-0.4, -0.2) is 21.8 Å². The summed E-state index contributed by atoms with van der Waals surface area (Å²) in [5.41, 5.74) is 13.7. The molecule has 6 nitrogen and oxygen atoms in total. The number of fused-ring (bicyclic) bond motifs is 2. The van der Waals surface area contributed by atoms with E-state index >= 15 is 0 Å². The molecule has 0 fully saturated rings. The Bertz CT molecular complexity index is 2580. The third-order valence-corrected chi connectivity index (χ3v) is 10.0. The second-order valence-corrected chi connectivity index (χ2v) is 13.7. The van der Waals surface area contributed by atoms with Gasteiger partial charge in [-0.1, -0.05) is 97.1 Å². The largest absolute Gasteiger partial charge is 0.322 e. The minimum absolute atomic E-state index is 0.191. The number of pyridine rings is 2. The number of amides is 2. The Hall–Kier alpha value is -6.92. The van der Waals surface area contributed by atoms with Crippen molar-refractivity contribution in [3.63, 3.8) is 0 Å². The van der Waals surface area contributed by atoms with Crippen molar-refractivity contribution in [2.24, 2.45) is 0 Å². The normalized spacial score (nSPS) is 11.1. The fourth-order valence-corrected chi connectivity index (χ4v) is 7.07. The maximum Gasteiger partial charge on any atom is 0.256 e. The lowest BCUT2D eigenvalue weighted by molar-refractivity contribution is 0.102. The topological polar surface area (TPSA) is 84.0 Å². The van der Waals surface area contributed by atoms with Gasteiger partial charge in [0.05, 0.1) is 33.5 Å². The number of anilines is 2. The van der Waals surface area contributed by atoms with Gasteiger partial charge in [0, 0.05) is 33.3 Å². The SMILES string of the molecule is Cc1cc(-c2ccc(NC(=O)c3cc(-c4ccccc4C)nc4ccccc34)c(C)c2)ccc1NC(=O)c1cc(-c2ccccc2C)nc2ccccc12. The maximum atomic E-state index is 13.9. The van der Waals surface area contributed by atoms with Crippen LogP contribution in [0.1, 0.15) is 43.0 Å². The summed E-state index contributed by atoms with van der Waals surface area (Å²) in [6.07, 6.45) is 0. The Morgan fingerprint density at radius 3 is 1.22 bits per heavy atom. The van der Waals surface area contributed by atoms with E-state index in [1.165, 1.54) is 0 Å². The number of nitrogens with zero attached hydrogens (tertiary/aromatic N) is 2. The van der Waals surface area contributed by atoms with E-state index in [2.05, 4.69) is 22.8 Å². The molecule has 0 bridgehead atoms. The van der Waals surface area contributed by atoms with E-state index in [-0.39, 0.29) is 11.8 Å². The first-order chi connectivity index (χ1) is 26.2. The van der Waals surface area contributed by atoms with E-state index in [1.807, 2.05) is 161 Å². The highest BCUT2D eigenvalue weighted by molar-refractivity contribution is 6.14. The van der Waals surface area contributed by atoms with E-state index in [4.69, 9.17) is 9.97 Å². The molecule has 0 saturated carbocycles. The Labute approximate surface area is 314 Å². The van der Waals surface area contributed by atoms with Gasteiger partial charge in [-0.25, -0.2) is 9.97 Å². The summed E-state index contributed by atoms with van der Waals surface area (Å²) in [5.74, 6) is -0.383. The lowest BCUT2D eigenvalue weighted by atomic mass is 9.98. The summed E-state index contributed by atoms with van der Waals surface area (Å²) in [4.78, 5) is 37.5. The van der Waals surface area contributed by atoms with Gasteiger partial charge in [-0.05, 0) is 110 Å². The number of aromatic nitrogens is 2. The average Bonchev–Trinajstić information content (AvgIpc) is 3.19. The molecule has 0 aliphatic heterocycles. The number of para-hydroxylation sites is 2. The summed E-state index contributed by atoms with van der Waals surface area (Å²) in [7, 11) is 0. The standard InChI is InChI=1S/C48H38N4O2/c1-29-13-5-7-15-35(29)45-27-39(37-17-9-11-19-43(37)49-45)47(53)51-41-23-21-33(25-31(41)3)34-22-24-42(32(4)26-34)52-48(54)40-28-46(36-16-8-6-14-30(36)2)50-44-20-12-10-18-38(40)44/h5-28H,1-4H3,(H,51,53)(H,52,54). The lowest BCUT2D eigenvalue weighted by Gasteiger charge is -2.15. The monoisotopic (exact) mass is 702 g/mol. The van der Waals surface area contributed by atoms with Crippen molar-refractivity contribution in [1.82, 2.24) is 9.97 Å². The third-order valence-electron chi connectivity index (χ3n) is 10.0. The molecule has 8 rings (SSSR count). The average molecular weight is 703 g/mol. The van der Waals surface area contributed by atoms with Gasteiger partial charge < -0.3 is 10.6 Å². The number of hydrogen-bond acceptors (Lipinski definition) is 4. The van der Waals surface area contributed by atoms with Gasteiger partial charge in [-0.15, -0.1) is 0 Å². The van der Waals surface area contributed by atoms with Gasteiger partial charge in [0.1, 0.15) is 0 Å². The zero-order valence-electron chi connectivity index (χ0n) is 30.6. The molecule has 2 N–H and O–H groups in total. The molecule has 2 aromatic heterocycles. The molecule has 0 spiro atoms. The first kappa shape index (κ1) is 34.2. The minimum Gasteiger partial charge on any atom is -0.322 e. The first-order valence-electron chi connectivity index (χ1n) is 18.0. The number of aryl methyl sites for hydroxylation is 4. The maximum absolute atomic E-state index is 13.9. The molecule has 6 heteroatoms. The fourth-order valence-electron chi connectivity index (χ4n) is 7.07. The van der Waals surface area contributed by atoms with Crippen molar-refractivity contribution in [2.45, 2.75) is 27.7 Å². The molecule has 0 aliphatic carbocycles. The van der Waals surface area contributed by atoms with Crippen molar-refractivity contribution in [2.75, 3.05) is 10.6 Å². The van der Waals surface area contributed by atoms with Crippen LogP contribution in [0.2, 0.25) is 0 Å². The quantitative estimate of drug-likeness (QED) is 0.173. The minimum atomic E-state index is -0.191. The molecule has 2 amide bonds. The van der Waals surface area contributed by atoms with Crippen LogP contribution >= 0.6 is 0 Å². The predicted molar refractivity (Wildman–Crippen MR) is 221 cm³/mol. The van der Waals surface area contributed by atoms with E-state index in [1.54, 1.807) is 0 Å². The number of hydrogen-bond donors (Lipinski definition) is 2. The zero-order valence-corrected chi connectivity index (χ0v) is 30.6. The van der Waals surface area contributed by atoms with E-state index in [9.17, 15) is 9.59 Å². The van der Waals surface area contributed by atoms with Crippen molar-refractivity contribution in [3.05, 3.63) is 179 Å². The molecule has 262 valence electrons. The van der Waals surface area contributed by atoms with Crippen LogP contribution < -0.4 is 10.6 Å². The van der Waals surface area contributed by atoms with Crippen LogP contribution in [-0.2, 0) is 0 Å². The van der Waals surface area contributed by atoms with Gasteiger partial charge in [0.15, 0.2) is 0 Å². The fraction of sp³-hybridized carbons (Fsp3) is 0.0833. The third kappa shape index (κ3) is 6.61. The van der Waals surface area contributed by atoms with E-state index < -0.39 is 0 Å². The summed E-state index contributed by atoms with van der Waals surface area (Å²) < 4.78 is 0. The van der Waals surface area contributed by atoms with Crippen molar-refractivity contribution in [1.29, 1.82) is 0 Å². The van der Waals surface area contributed by atoms with Gasteiger partial charge in [-0.3, -0.25) is 9.59 Å². The molecule has 6 aromatic carbocycles. The molecule has 8 aromatic rings. The molecule has 0 atom stereocenters. The van der Waals surface area contributed by atoms with Gasteiger partial charge in [-0.2, -0.15) is 0 Å². The van der Waals surface area contributed by atoms with Crippen LogP contribution in [0, 0.1) is 27.7 Å². The van der Waals surface area contributed by atoms with Crippen molar-refractivity contribution < 1.29 is 9.59 Å². The highest BCUT2D eigenvalue weighted by atomic mass is 16.2. The molecule has 54 heavy (non-hydrogen) atoms. The molecular formula is C48H38N4O2. The molecular weight excluding hydrogens is 665 g/mol. The first-order valence-corrected chi connectivity index (χ1v) is 18.0. The lowest BCUT2D eigenvalue weighted by Crippen LogP contribution is -2.14. The molecule has 0 unspecified atom stereocenters. The predicted octanol–water partition coefficient (Wildman–Crippen LogP) is 11.5. The van der Waals surface area contributed by atoms with Gasteiger partial charge in [0.2, 0.25) is 0 Å². The number of rotatable bonds is 7. The van der Waals surface area contributed by atoms with Crippen LogP contribution in [0.25, 0.3) is 55.4 Å². The van der Waals surface area contributed by atoms with Crippen molar-refractivity contribution in [3.8, 4) is 33.6 Å². The van der Waals surface area contributed by atoms with Crippen LogP contribution in [0.15, 0.2) is 146 Å². The van der Waals surface area contributed by atoms with Gasteiger partial charge >= 0.3 is 0 Å². The molecule has 0 aliphatic rings. The summed E-state index contributed by atoms with van der Waals surface area (Å²) in [6, 6.07) is 47.4. The molecule has 0 saturated heterocycles. The number of benzene rings is 6. The van der Waals surface area contributed by atoms with E-state index in [0.29, 0.717) is 11.1 Å². The van der Waals surface area contributed by atoms with Crippen LogP contribution in [0.5, 0.6) is 0 Å². The van der Waals surface area contributed by atoms with Crippen molar-refractivity contribution >= 4 is 45.0 Å². The summed E-state index contributed by atoms with van der Waals surface area (Å²) >= 11 is 0. The summed E-state index contributed by atoms with van der Waals surface area (Å²) in [6.45, 7) is 8.09. The summed E-state index contributed by atoms with van der Waals surface area (Å²) in [5, 5.41) is 7.92. The molecule has 2 heterocycles. The van der Waals surface area contributed by atoms with Gasteiger partial charge in [0.25, 0.3) is 11.8 Å². The van der Waals surface area contributed by atoms with E-state index in [0.717, 1.165) is 89.1 Å². The Morgan fingerprint density at radius 2 is 0.815 bits per heavy atom. The number of carbonyl (C=O) groups is 2. The smallest absolute Gasteiger partial charge is 0.256 e. The number of nitrogens with one attached hydrogen (secondary N) is 2. The number of carbonyl (C=O) groups excluding carboxylic acids is 2. The Balaban J connectivity index is 1.04. The second-order valence-electron chi connectivity index (χ2n) is 13.7. The van der Waals surface area contributed by atoms with Crippen LogP contribution in [0.4, 0.5) is 11.4 Å². The Morgan fingerprint density at radius 1 is 0.426 bits per heavy atom. The Kier molecular flexibility index (Phi) is 9.02. The molecule has 0 radical (unpaired) electrons.